The number of anilines is 2. The third kappa shape index (κ3) is 2.63. The van der Waals surface area contributed by atoms with Gasteiger partial charge in [0.05, 0.1) is 6.20 Å². The monoisotopic (exact) mass is 231 g/mol. The molecule has 5 nitrogen and oxygen atoms in total. The van der Waals surface area contributed by atoms with Crippen LogP contribution in [0.25, 0.3) is 0 Å². The predicted molar refractivity (Wildman–Crippen MR) is 65.1 cm³/mol. The molecule has 2 N–H and O–H groups in total. The summed E-state index contributed by atoms with van der Waals surface area (Å²) >= 11 is 0. The molecule has 17 heavy (non-hydrogen) atoms. The Hall–Kier alpha value is -2.30. The Kier molecular flexibility index (Phi) is 3.09. The molecular formula is C12H13N3O2. The Morgan fingerprint density at radius 3 is 2.76 bits per heavy atom. The molecule has 2 rings (SSSR count). The zero-order valence-corrected chi connectivity index (χ0v) is 9.65. The SMILES string of the molecule is Cc1cccc(NC(=O)Nc2ccno2)c1C. The second kappa shape index (κ2) is 4.69. The molecule has 0 saturated heterocycles. The standard InChI is InChI=1S/C12H13N3O2/c1-8-4-3-5-10(9(8)2)14-12(16)15-11-6-7-13-17-11/h3-7H,1-2H3,(H2,14,15,16). The summed E-state index contributed by atoms with van der Waals surface area (Å²) in [5.41, 5.74) is 2.95. The van der Waals surface area contributed by atoms with Gasteiger partial charge in [-0.1, -0.05) is 17.3 Å². The van der Waals surface area contributed by atoms with Gasteiger partial charge in [-0.3, -0.25) is 5.32 Å². The number of carbonyl (C=O) groups is 1. The first-order chi connectivity index (χ1) is 8.16. The summed E-state index contributed by atoms with van der Waals surface area (Å²) in [6.07, 6.45) is 1.47. The Morgan fingerprint density at radius 1 is 1.24 bits per heavy atom. The molecule has 0 spiro atoms. The first kappa shape index (κ1) is 11.2. The fraction of sp³-hybridized carbons (Fsp3) is 0.167. The number of rotatable bonds is 2. The summed E-state index contributed by atoms with van der Waals surface area (Å²) in [4.78, 5) is 11.6. The number of nitrogens with one attached hydrogen (secondary N) is 2. The molecular weight excluding hydrogens is 218 g/mol. The van der Waals surface area contributed by atoms with E-state index in [1.54, 1.807) is 6.07 Å². The average Bonchev–Trinajstić information content (AvgIpc) is 2.77. The lowest BCUT2D eigenvalue weighted by atomic mass is 10.1. The van der Waals surface area contributed by atoms with Gasteiger partial charge in [0.1, 0.15) is 0 Å². The minimum absolute atomic E-state index is 0.313. The molecule has 0 saturated carbocycles. The van der Waals surface area contributed by atoms with Gasteiger partial charge in [0.25, 0.3) is 0 Å². The highest BCUT2D eigenvalue weighted by Gasteiger charge is 2.07. The fourth-order valence-corrected chi connectivity index (χ4v) is 1.43. The molecule has 2 aromatic rings. The number of aromatic nitrogens is 1. The number of nitrogens with zero attached hydrogens (tertiary/aromatic N) is 1. The van der Waals surface area contributed by atoms with Gasteiger partial charge in [0, 0.05) is 11.8 Å². The van der Waals surface area contributed by atoms with Crippen molar-refractivity contribution < 1.29 is 9.32 Å². The van der Waals surface area contributed by atoms with Crippen molar-refractivity contribution in [3.05, 3.63) is 41.6 Å². The first-order valence-corrected chi connectivity index (χ1v) is 5.22. The Morgan fingerprint density at radius 2 is 2.06 bits per heavy atom. The minimum atomic E-state index is -0.351. The lowest BCUT2D eigenvalue weighted by Crippen LogP contribution is -2.19. The molecule has 1 aromatic heterocycles. The molecule has 88 valence electrons. The van der Waals surface area contributed by atoms with Crippen molar-refractivity contribution in [3.8, 4) is 0 Å². The van der Waals surface area contributed by atoms with E-state index in [1.807, 2.05) is 32.0 Å². The van der Waals surface area contributed by atoms with Crippen molar-refractivity contribution >= 4 is 17.6 Å². The van der Waals surface area contributed by atoms with Gasteiger partial charge in [-0.15, -0.1) is 0 Å². The van der Waals surface area contributed by atoms with E-state index >= 15 is 0 Å². The van der Waals surface area contributed by atoms with Crippen LogP contribution in [-0.2, 0) is 0 Å². The highest BCUT2D eigenvalue weighted by Crippen LogP contribution is 2.18. The third-order valence-corrected chi connectivity index (χ3v) is 2.53. The van der Waals surface area contributed by atoms with Gasteiger partial charge in [-0.05, 0) is 31.0 Å². The van der Waals surface area contributed by atoms with Crippen LogP contribution in [0.1, 0.15) is 11.1 Å². The van der Waals surface area contributed by atoms with Crippen molar-refractivity contribution in [3.63, 3.8) is 0 Å². The zero-order valence-electron chi connectivity index (χ0n) is 9.65. The van der Waals surface area contributed by atoms with Crippen molar-refractivity contribution in [2.45, 2.75) is 13.8 Å². The topological polar surface area (TPSA) is 67.2 Å². The van der Waals surface area contributed by atoms with Crippen LogP contribution < -0.4 is 10.6 Å². The van der Waals surface area contributed by atoms with Gasteiger partial charge in [-0.25, -0.2) is 4.79 Å². The minimum Gasteiger partial charge on any atom is -0.338 e. The average molecular weight is 231 g/mol. The summed E-state index contributed by atoms with van der Waals surface area (Å²) in [5.74, 6) is 0.313. The number of aryl methyl sites for hydroxylation is 1. The summed E-state index contributed by atoms with van der Waals surface area (Å²) in [7, 11) is 0. The molecule has 0 fully saturated rings. The van der Waals surface area contributed by atoms with Crippen LogP contribution in [0.3, 0.4) is 0 Å². The van der Waals surface area contributed by atoms with Gasteiger partial charge < -0.3 is 9.84 Å². The number of carbonyl (C=O) groups excluding carboxylic acids is 1. The summed E-state index contributed by atoms with van der Waals surface area (Å²) in [6.45, 7) is 3.95. The highest BCUT2D eigenvalue weighted by atomic mass is 16.5. The molecule has 0 aliphatic rings. The lowest BCUT2D eigenvalue weighted by molar-refractivity contribution is 0.261. The molecule has 1 heterocycles. The molecule has 0 atom stereocenters. The van der Waals surface area contributed by atoms with Crippen LogP contribution in [-0.4, -0.2) is 11.2 Å². The van der Waals surface area contributed by atoms with Crippen LogP contribution in [0.2, 0.25) is 0 Å². The van der Waals surface area contributed by atoms with E-state index in [-0.39, 0.29) is 6.03 Å². The molecule has 5 heteroatoms. The zero-order chi connectivity index (χ0) is 12.3. The molecule has 0 unspecified atom stereocenters. The molecule has 0 radical (unpaired) electrons. The summed E-state index contributed by atoms with van der Waals surface area (Å²) < 4.78 is 4.77. The Labute approximate surface area is 98.8 Å². The van der Waals surface area contributed by atoms with Gasteiger partial charge in [0.15, 0.2) is 0 Å². The van der Waals surface area contributed by atoms with Crippen molar-refractivity contribution in [2.24, 2.45) is 0 Å². The maximum atomic E-state index is 11.6. The fourth-order valence-electron chi connectivity index (χ4n) is 1.43. The van der Waals surface area contributed by atoms with Gasteiger partial charge >= 0.3 is 6.03 Å². The highest BCUT2D eigenvalue weighted by molar-refractivity contribution is 5.99. The van der Waals surface area contributed by atoms with Crippen LogP contribution in [0, 0.1) is 13.8 Å². The molecule has 1 aromatic carbocycles. The number of hydrogen-bond acceptors (Lipinski definition) is 3. The Balaban J connectivity index is 2.06. The van der Waals surface area contributed by atoms with E-state index in [9.17, 15) is 4.79 Å². The Bertz CT molecular complexity index is 521. The number of hydrogen-bond donors (Lipinski definition) is 2. The normalized spacial score (nSPS) is 10.0. The quantitative estimate of drug-likeness (QED) is 0.835. The van der Waals surface area contributed by atoms with Gasteiger partial charge in [0.2, 0.25) is 5.88 Å². The number of amides is 2. The molecule has 2 amide bonds. The smallest absolute Gasteiger partial charge is 0.326 e. The van der Waals surface area contributed by atoms with Gasteiger partial charge in [-0.2, -0.15) is 0 Å². The predicted octanol–water partition coefficient (Wildman–Crippen LogP) is 2.94. The second-order valence-corrected chi connectivity index (χ2v) is 3.70. The summed E-state index contributed by atoms with van der Waals surface area (Å²) in [6, 6.07) is 6.96. The van der Waals surface area contributed by atoms with E-state index in [0.29, 0.717) is 5.88 Å². The van der Waals surface area contributed by atoms with E-state index in [4.69, 9.17) is 4.52 Å². The maximum absolute atomic E-state index is 11.6. The van der Waals surface area contributed by atoms with Crippen molar-refractivity contribution in [1.29, 1.82) is 0 Å². The molecule has 0 aliphatic carbocycles. The van der Waals surface area contributed by atoms with E-state index in [1.165, 1.54) is 6.20 Å². The first-order valence-electron chi connectivity index (χ1n) is 5.22. The van der Waals surface area contributed by atoms with E-state index in [0.717, 1.165) is 16.8 Å². The van der Waals surface area contributed by atoms with E-state index in [2.05, 4.69) is 15.8 Å². The molecule has 0 aliphatic heterocycles. The lowest BCUT2D eigenvalue weighted by Gasteiger charge is -2.09. The van der Waals surface area contributed by atoms with Crippen LogP contribution in [0.5, 0.6) is 0 Å². The van der Waals surface area contributed by atoms with Crippen molar-refractivity contribution in [2.75, 3.05) is 10.6 Å². The number of urea groups is 1. The molecule has 0 bridgehead atoms. The van der Waals surface area contributed by atoms with Crippen LogP contribution in [0.4, 0.5) is 16.4 Å². The van der Waals surface area contributed by atoms with E-state index < -0.39 is 0 Å². The van der Waals surface area contributed by atoms with Crippen molar-refractivity contribution in [1.82, 2.24) is 5.16 Å². The third-order valence-electron chi connectivity index (χ3n) is 2.53. The second-order valence-electron chi connectivity index (χ2n) is 3.70. The van der Waals surface area contributed by atoms with Crippen LogP contribution in [0.15, 0.2) is 35.0 Å². The number of benzene rings is 1. The largest absolute Gasteiger partial charge is 0.338 e. The van der Waals surface area contributed by atoms with Crippen LogP contribution >= 0.6 is 0 Å². The maximum Gasteiger partial charge on any atom is 0.326 e. The summed E-state index contributed by atoms with van der Waals surface area (Å²) in [5, 5.41) is 8.79.